The molecule has 1 unspecified atom stereocenters. The molecule has 2 rings (SSSR count). The van der Waals surface area contributed by atoms with E-state index in [4.69, 9.17) is 0 Å². The van der Waals surface area contributed by atoms with E-state index in [1.807, 2.05) is 6.92 Å². The Bertz CT molecular complexity index is 529. The number of carbonyl (C=O) groups is 1. The lowest BCUT2D eigenvalue weighted by Gasteiger charge is -2.23. The van der Waals surface area contributed by atoms with Crippen molar-refractivity contribution in [2.45, 2.75) is 52.1 Å². The van der Waals surface area contributed by atoms with Gasteiger partial charge < -0.3 is 15.1 Å². The van der Waals surface area contributed by atoms with Gasteiger partial charge in [-0.1, -0.05) is 13.8 Å². The summed E-state index contributed by atoms with van der Waals surface area (Å²) < 4.78 is 0. The van der Waals surface area contributed by atoms with E-state index in [0.29, 0.717) is 24.9 Å². The van der Waals surface area contributed by atoms with Gasteiger partial charge in [0.1, 0.15) is 0 Å². The molecule has 1 aliphatic rings. The summed E-state index contributed by atoms with van der Waals surface area (Å²) in [6, 6.07) is 0.588. The number of likely N-dealkylation sites (tertiary alicyclic amines) is 1. The summed E-state index contributed by atoms with van der Waals surface area (Å²) in [5, 5.41) is 4.19. The van der Waals surface area contributed by atoms with Gasteiger partial charge in [-0.2, -0.15) is 0 Å². The number of carbonyl (C=O) groups excluding carboxylic acids is 1. The zero-order chi connectivity index (χ0) is 17.0. The van der Waals surface area contributed by atoms with E-state index >= 15 is 0 Å². The van der Waals surface area contributed by atoms with Gasteiger partial charge >= 0.3 is 0 Å². The van der Waals surface area contributed by atoms with Crippen LogP contribution in [0.3, 0.4) is 0 Å². The van der Waals surface area contributed by atoms with Crippen LogP contribution in [0.1, 0.15) is 48.2 Å². The Morgan fingerprint density at radius 2 is 2.26 bits per heavy atom. The van der Waals surface area contributed by atoms with Crippen molar-refractivity contribution in [2.24, 2.45) is 0 Å². The molecule has 1 atom stereocenters. The number of hydrogen-bond acceptors (Lipinski definition) is 5. The molecule has 0 aliphatic carbocycles. The van der Waals surface area contributed by atoms with Crippen molar-refractivity contribution in [1.82, 2.24) is 20.1 Å². The molecule has 2 heterocycles. The van der Waals surface area contributed by atoms with Crippen molar-refractivity contribution in [1.29, 1.82) is 0 Å². The summed E-state index contributed by atoms with van der Waals surface area (Å²) in [6.45, 7) is 10.0. The van der Waals surface area contributed by atoms with Gasteiger partial charge in [-0.25, -0.2) is 4.98 Å². The summed E-state index contributed by atoms with van der Waals surface area (Å²) >= 11 is 1.71. The van der Waals surface area contributed by atoms with Crippen LogP contribution in [0.5, 0.6) is 0 Å². The normalized spacial score (nSPS) is 19.0. The monoisotopic (exact) mass is 338 g/mol. The molecule has 0 saturated carbocycles. The summed E-state index contributed by atoms with van der Waals surface area (Å²) in [6.07, 6.45) is 1.76. The zero-order valence-electron chi connectivity index (χ0n) is 15.1. The van der Waals surface area contributed by atoms with Crippen molar-refractivity contribution in [3.8, 4) is 0 Å². The molecule has 1 aromatic heterocycles. The van der Waals surface area contributed by atoms with E-state index in [2.05, 4.69) is 48.0 Å². The molecule has 0 bridgehead atoms. The minimum absolute atomic E-state index is 0.127. The van der Waals surface area contributed by atoms with Gasteiger partial charge in [0.05, 0.1) is 17.2 Å². The van der Waals surface area contributed by atoms with Gasteiger partial charge in [0.2, 0.25) is 5.91 Å². The number of hydrogen-bond donors (Lipinski definition) is 1. The molecule has 1 N–H and O–H groups in total. The maximum atomic E-state index is 12.1. The van der Waals surface area contributed by atoms with E-state index in [1.54, 1.807) is 11.3 Å². The summed E-state index contributed by atoms with van der Waals surface area (Å²) in [5.74, 6) is 0.573. The lowest BCUT2D eigenvalue weighted by molar-refractivity contribution is -0.121. The van der Waals surface area contributed by atoms with Crippen LogP contribution in [0.4, 0.5) is 0 Å². The fraction of sp³-hybridized carbons (Fsp3) is 0.765. The van der Waals surface area contributed by atoms with Gasteiger partial charge in [0.25, 0.3) is 0 Å². The third kappa shape index (κ3) is 5.26. The highest BCUT2D eigenvalue weighted by atomic mass is 32.1. The standard InChI is InChI=1S/C17H30N4OS/c1-12(2)17-19-13(3)15(23-17)10-18-16(22)7-9-21(5)14-6-8-20(4)11-14/h12,14H,6-11H2,1-5H3,(H,18,22). The topological polar surface area (TPSA) is 48.5 Å². The largest absolute Gasteiger partial charge is 0.351 e. The van der Waals surface area contributed by atoms with Crippen molar-refractivity contribution in [2.75, 3.05) is 33.7 Å². The van der Waals surface area contributed by atoms with Gasteiger partial charge in [0.15, 0.2) is 0 Å². The second-order valence-electron chi connectivity index (χ2n) is 6.93. The molecule has 23 heavy (non-hydrogen) atoms. The fourth-order valence-electron chi connectivity index (χ4n) is 2.86. The highest BCUT2D eigenvalue weighted by Gasteiger charge is 2.23. The van der Waals surface area contributed by atoms with Gasteiger partial charge in [-0.05, 0) is 34.0 Å². The van der Waals surface area contributed by atoms with Crippen LogP contribution in [-0.2, 0) is 11.3 Å². The molecule has 0 aromatic carbocycles. The van der Waals surface area contributed by atoms with Crippen molar-refractivity contribution in [3.05, 3.63) is 15.6 Å². The SMILES string of the molecule is Cc1nc(C(C)C)sc1CNC(=O)CCN(C)C1CCN(C)C1. The Morgan fingerprint density at radius 1 is 1.52 bits per heavy atom. The third-order valence-corrected chi connectivity index (χ3v) is 5.99. The molecule has 1 fully saturated rings. The smallest absolute Gasteiger partial charge is 0.221 e. The predicted molar refractivity (Wildman–Crippen MR) is 95.9 cm³/mol. The first-order valence-electron chi connectivity index (χ1n) is 8.48. The number of aromatic nitrogens is 1. The molecule has 1 amide bonds. The van der Waals surface area contributed by atoms with Crippen molar-refractivity contribution >= 4 is 17.2 Å². The number of amides is 1. The Labute approximate surface area is 144 Å². The lowest BCUT2D eigenvalue weighted by Crippen LogP contribution is -2.36. The minimum atomic E-state index is 0.127. The lowest BCUT2D eigenvalue weighted by atomic mass is 10.2. The maximum absolute atomic E-state index is 12.1. The quantitative estimate of drug-likeness (QED) is 0.828. The highest BCUT2D eigenvalue weighted by molar-refractivity contribution is 7.11. The molecule has 5 nitrogen and oxygen atoms in total. The van der Waals surface area contributed by atoms with E-state index in [9.17, 15) is 4.79 Å². The first-order valence-corrected chi connectivity index (χ1v) is 9.30. The first kappa shape index (κ1) is 18.4. The van der Waals surface area contributed by atoms with E-state index in [-0.39, 0.29) is 5.91 Å². The summed E-state index contributed by atoms with van der Waals surface area (Å²) in [5.41, 5.74) is 1.05. The number of rotatable bonds is 7. The number of nitrogens with zero attached hydrogens (tertiary/aromatic N) is 3. The number of aryl methyl sites for hydroxylation is 1. The van der Waals surface area contributed by atoms with Crippen molar-refractivity contribution < 1.29 is 4.79 Å². The van der Waals surface area contributed by atoms with E-state index in [0.717, 1.165) is 30.3 Å². The number of thiazole rings is 1. The molecule has 1 aliphatic heterocycles. The average Bonchev–Trinajstić information content (AvgIpc) is 3.09. The van der Waals surface area contributed by atoms with Crippen LogP contribution in [0, 0.1) is 6.92 Å². The van der Waals surface area contributed by atoms with Crippen molar-refractivity contribution in [3.63, 3.8) is 0 Å². The predicted octanol–water partition coefficient (Wildman–Crippen LogP) is 2.22. The van der Waals surface area contributed by atoms with Crippen LogP contribution in [0.25, 0.3) is 0 Å². The average molecular weight is 339 g/mol. The molecular formula is C17H30N4OS. The summed E-state index contributed by atoms with van der Waals surface area (Å²) in [7, 11) is 4.28. The molecule has 6 heteroatoms. The zero-order valence-corrected chi connectivity index (χ0v) is 15.9. The Balaban J connectivity index is 1.73. The minimum Gasteiger partial charge on any atom is -0.351 e. The molecule has 130 valence electrons. The summed E-state index contributed by atoms with van der Waals surface area (Å²) in [4.78, 5) is 22.5. The molecule has 1 saturated heterocycles. The third-order valence-electron chi connectivity index (χ3n) is 4.53. The van der Waals surface area contributed by atoms with E-state index in [1.165, 1.54) is 11.3 Å². The Morgan fingerprint density at radius 3 is 2.83 bits per heavy atom. The molecule has 0 radical (unpaired) electrons. The second kappa shape index (κ2) is 8.22. The Hall–Kier alpha value is -0.980. The van der Waals surface area contributed by atoms with Crippen LogP contribution in [0.2, 0.25) is 0 Å². The second-order valence-corrected chi connectivity index (χ2v) is 8.04. The van der Waals surface area contributed by atoms with Crippen LogP contribution < -0.4 is 5.32 Å². The molecular weight excluding hydrogens is 308 g/mol. The molecule has 1 aromatic rings. The highest BCUT2D eigenvalue weighted by Crippen LogP contribution is 2.24. The fourth-order valence-corrected chi connectivity index (χ4v) is 3.87. The van der Waals surface area contributed by atoms with Gasteiger partial charge in [-0.15, -0.1) is 11.3 Å². The van der Waals surface area contributed by atoms with Crippen LogP contribution in [-0.4, -0.2) is 60.5 Å². The molecule has 0 spiro atoms. The van der Waals surface area contributed by atoms with Crippen LogP contribution in [0.15, 0.2) is 0 Å². The number of likely N-dealkylation sites (N-methyl/N-ethyl adjacent to an activating group) is 2. The Kier molecular flexibility index (Phi) is 6.56. The number of nitrogens with one attached hydrogen (secondary N) is 1. The first-order chi connectivity index (χ1) is 10.9. The maximum Gasteiger partial charge on any atom is 0.221 e. The van der Waals surface area contributed by atoms with Gasteiger partial charge in [0, 0.05) is 36.3 Å². The van der Waals surface area contributed by atoms with E-state index < -0.39 is 0 Å². The van der Waals surface area contributed by atoms with Gasteiger partial charge in [-0.3, -0.25) is 4.79 Å². The van der Waals surface area contributed by atoms with Crippen LogP contribution >= 0.6 is 11.3 Å².